The molecule has 0 aliphatic carbocycles. The molecule has 4 rings (SSSR count). The Kier molecular flexibility index (Phi) is 3.45. The van der Waals surface area contributed by atoms with Crippen molar-refractivity contribution < 1.29 is 0 Å². The van der Waals surface area contributed by atoms with Crippen LogP contribution in [-0.2, 0) is 0 Å². The fourth-order valence-electron chi connectivity index (χ4n) is 2.63. The Morgan fingerprint density at radius 1 is 0.609 bits per heavy atom. The van der Waals surface area contributed by atoms with Gasteiger partial charge in [-0.15, -0.1) is 5.10 Å². The van der Waals surface area contributed by atoms with Gasteiger partial charge in [0.15, 0.2) is 0 Å². The number of rotatable bonds is 3. The van der Waals surface area contributed by atoms with E-state index in [1.54, 1.807) is 11.0 Å². The molecule has 0 spiro atoms. The van der Waals surface area contributed by atoms with E-state index in [0.29, 0.717) is 0 Å². The summed E-state index contributed by atoms with van der Waals surface area (Å²) in [5.74, 6) is 0. The van der Waals surface area contributed by atoms with Crippen LogP contribution in [0.4, 0.5) is 0 Å². The molecule has 0 unspecified atom stereocenters. The zero-order chi connectivity index (χ0) is 15.5. The van der Waals surface area contributed by atoms with Gasteiger partial charge in [0.25, 0.3) is 0 Å². The van der Waals surface area contributed by atoms with Crippen molar-refractivity contribution in [3.05, 3.63) is 91.1 Å². The maximum atomic E-state index is 4.64. The first-order valence-corrected chi connectivity index (χ1v) is 7.54. The second-order valence-electron chi connectivity index (χ2n) is 5.27. The largest absolute Gasteiger partial charge is 0.156 e. The smallest absolute Gasteiger partial charge is 0.113 e. The van der Waals surface area contributed by atoms with Crippen LogP contribution in [0.1, 0.15) is 0 Å². The predicted molar refractivity (Wildman–Crippen MR) is 92.2 cm³/mol. The molecule has 0 saturated heterocycles. The summed E-state index contributed by atoms with van der Waals surface area (Å²) in [7, 11) is 0. The molecule has 110 valence electrons. The fourth-order valence-corrected chi connectivity index (χ4v) is 2.63. The highest BCUT2D eigenvalue weighted by Crippen LogP contribution is 2.26. The summed E-state index contributed by atoms with van der Waals surface area (Å²) in [6.45, 7) is 0. The van der Waals surface area contributed by atoms with Crippen molar-refractivity contribution >= 4 is 0 Å². The van der Waals surface area contributed by atoms with E-state index in [4.69, 9.17) is 0 Å². The van der Waals surface area contributed by atoms with Gasteiger partial charge < -0.3 is 0 Å². The van der Waals surface area contributed by atoms with Gasteiger partial charge in [0.05, 0.1) is 11.9 Å². The maximum Gasteiger partial charge on any atom is 0.113 e. The van der Waals surface area contributed by atoms with Crippen LogP contribution in [0.5, 0.6) is 0 Å². The molecule has 3 heteroatoms. The SMILES string of the molecule is c1ccc(-c2cnn(-c3ccccc3-c3ccccc3)n2)cc1. The summed E-state index contributed by atoms with van der Waals surface area (Å²) < 4.78 is 0. The van der Waals surface area contributed by atoms with Crippen molar-refractivity contribution in [2.45, 2.75) is 0 Å². The number of para-hydroxylation sites is 1. The van der Waals surface area contributed by atoms with E-state index < -0.39 is 0 Å². The minimum atomic E-state index is 0.869. The number of benzene rings is 3. The Balaban J connectivity index is 1.79. The summed E-state index contributed by atoms with van der Waals surface area (Å²) in [4.78, 5) is 1.70. The molecule has 3 aromatic carbocycles. The van der Waals surface area contributed by atoms with Gasteiger partial charge in [-0.3, -0.25) is 0 Å². The van der Waals surface area contributed by atoms with E-state index in [-0.39, 0.29) is 0 Å². The van der Waals surface area contributed by atoms with E-state index in [2.05, 4.69) is 28.4 Å². The molecule has 0 saturated carbocycles. The van der Waals surface area contributed by atoms with Gasteiger partial charge in [-0.2, -0.15) is 9.90 Å². The lowest BCUT2D eigenvalue weighted by molar-refractivity contribution is 0.755. The second kappa shape index (κ2) is 5.89. The summed E-state index contributed by atoms with van der Waals surface area (Å²) in [6, 6.07) is 28.6. The van der Waals surface area contributed by atoms with Crippen LogP contribution in [0.2, 0.25) is 0 Å². The number of aromatic nitrogens is 3. The molecule has 0 fully saturated rings. The minimum absolute atomic E-state index is 0.869. The van der Waals surface area contributed by atoms with E-state index in [1.165, 1.54) is 0 Å². The monoisotopic (exact) mass is 297 g/mol. The van der Waals surface area contributed by atoms with Crippen LogP contribution in [0.15, 0.2) is 91.1 Å². The molecule has 0 radical (unpaired) electrons. The molecule has 0 atom stereocenters. The van der Waals surface area contributed by atoms with Crippen LogP contribution in [-0.4, -0.2) is 15.0 Å². The van der Waals surface area contributed by atoms with Crippen molar-refractivity contribution in [2.24, 2.45) is 0 Å². The van der Waals surface area contributed by atoms with Crippen LogP contribution in [0.3, 0.4) is 0 Å². The molecular weight excluding hydrogens is 282 g/mol. The molecule has 4 aromatic rings. The number of nitrogens with zero attached hydrogens (tertiary/aromatic N) is 3. The van der Waals surface area contributed by atoms with Crippen LogP contribution in [0.25, 0.3) is 28.1 Å². The Hall–Kier alpha value is -3.20. The second-order valence-corrected chi connectivity index (χ2v) is 5.27. The molecule has 1 heterocycles. The molecule has 23 heavy (non-hydrogen) atoms. The molecule has 0 aliphatic heterocycles. The van der Waals surface area contributed by atoms with Gasteiger partial charge in [-0.25, -0.2) is 0 Å². The van der Waals surface area contributed by atoms with Gasteiger partial charge in [0.1, 0.15) is 5.69 Å². The van der Waals surface area contributed by atoms with Crippen molar-refractivity contribution in [1.29, 1.82) is 0 Å². The van der Waals surface area contributed by atoms with E-state index in [1.807, 2.05) is 66.7 Å². The molecule has 0 bridgehead atoms. The van der Waals surface area contributed by atoms with E-state index in [9.17, 15) is 0 Å². The Morgan fingerprint density at radius 3 is 1.96 bits per heavy atom. The number of hydrogen-bond donors (Lipinski definition) is 0. The van der Waals surface area contributed by atoms with Crippen LogP contribution >= 0.6 is 0 Å². The Labute approximate surface area is 134 Å². The highest BCUT2D eigenvalue weighted by atomic mass is 15.5. The molecule has 0 amide bonds. The zero-order valence-electron chi connectivity index (χ0n) is 12.5. The highest BCUT2D eigenvalue weighted by Gasteiger charge is 2.10. The van der Waals surface area contributed by atoms with Gasteiger partial charge in [-0.05, 0) is 11.6 Å². The zero-order valence-corrected chi connectivity index (χ0v) is 12.5. The predicted octanol–water partition coefficient (Wildman–Crippen LogP) is 4.60. The molecule has 0 N–H and O–H groups in total. The van der Waals surface area contributed by atoms with Gasteiger partial charge >= 0.3 is 0 Å². The van der Waals surface area contributed by atoms with E-state index in [0.717, 1.165) is 28.1 Å². The van der Waals surface area contributed by atoms with Gasteiger partial charge in [-0.1, -0.05) is 78.9 Å². The first-order chi connectivity index (χ1) is 11.4. The average Bonchev–Trinajstić information content (AvgIpc) is 3.13. The topological polar surface area (TPSA) is 30.7 Å². The van der Waals surface area contributed by atoms with Gasteiger partial charge in [0, 0.05) is 11.1 Å². The summed E-state index contributed by atoms with van der Waals surface area (Å²) in [5, 5.41) is 9.10. The third-order valence-electron chi connectivity index (χ3n) is 3.77. The first-order valence-electron chi connectivity index (χ1n) is 7.54. The lowest BCUT2D eigenvalue weighted by Gasteiger charge is -2.08. The van der Waals surface area contributed by atoms with Crippen molar-refractivity contribution in [1.82, 2.24) is 15.0 Å². The Morgan fingerprint density at radius 2 is 1.22 bits per heavy atom. The normalized spacial score (nSPS) is 10.6. The lowest BCUT2D eigenvalue weighted by atomic mass is 10.0. The van der Waals surface area contributed by atoms with Crippen molar-refractivity contribution in [3.63, 3.8) is 0 Å². The molecule has 3 nitrogen and oxygen atoms in total. The third-order valence-corrected chi connectivity index (χ3v) is 3.77. The summed E-state index contributed by atoms with van der Waals surface area (Å²) in [5.41, 5.74) is 5.18. The van der Waals surface area contributed by atoms with Crippen LogP contribution < -0.4 is 0 Å². The molecule has 0 aliphatic rings. The van der Waals surface area contributed by atoms with Crippen molar-refractivity contribution in [3.8, 4) is 28.1 Å². The third kappa shape index (κ3) is 2.64. The summed E-state index contributed by atoms with van der Waals surface area (Å²) in [6.07, 6.45) is 1.80. The Bertz CT molecular complexity index is 912. The highest BCUT2D eigenvalue weighted by molar-refractivity contribution is 5.72. The number of hydrogen-bond acceptors (Lipinski definition) is 2. The van der Waals surface area contributed by atoms with Crippen molar-refractivity contribution in [2.75, 3.05) is 0 Å². The molecular formula is C20H15N3. The van der Waals surface area contributed by atoms with Gasteiger partial charge in [0.2, 0.25) is 0 Å². The lowest BCUT2D eigenvalue weighted by Crippen LogP contribution is -2.01. The van der Waals surface area contributed by atoms with E-state index >= 15 is 0 Å². The summed E-state index contributed by atoms with van der Waals surface area (Å²) >= 11 is 0. The first kappa shape index (κ1) is 13.5. The fraction of sp³-hybridized carbons (Fsp3) is 0. The van der Waals surface area contributed by atoms with Crippen LogP contribution in [0, 0.1) is 0 Å². The molecule has 1 aromatic heterocycles. The maximum absolute atomic E-state index is 4.64. The minimum Gasteiger partial charge on any atom is -0.156 e. The standard InChI is InChI=1S/C20H15N3/c1-3-9-16(10-4-1)18-13-7-8-14-20(18)23-21-15-19(22-23)17-11-5-2-6-12-17/h1-15H. The average molecular weight is 297 g/mol. The quantitative estimate of drug-likeness (QED) is 0.553.